The Labute approximate surface area is 283 Å². The maximum absolute atomic E-state index is 15.5. The Bertz CT molecular complexity index is 1610. The van der Waals surface area contributed by atoms with E-state index in [9.17, 15) is 24.8 Å². The molecule has 2 fully saturated rings. The molecule has 1 aliphatic carbocycles. The van der Waals surface area contributed by atoms with Crippen molar-refractivity contribution in [1.82, 2.24) is 9.62 Å². The molecule has 9 nitrogen and oxygen atoms in total. The first kappa shape index (κ1) is 35.1. The van der Waals surface area contributed by atoms with E-state index in [2.05, 4.69) is 21.4 Å². The SMILES string of the molecule is CC(C)(C)[S+]([O-])NC(CCC1CC1)(c1cccc(C#N)c1)c1ccc(F)c(NC(=O)[C@H]2C[C@H](O)CN2C(O)Nc2ccc(Cl)cc2)c1. The normalized spacial score (nSPS) is 21.0. The summed E-state index contributed by atoms with van der Waals surface area (Å²) < 4.78 is 32.0. The summed E-state index contributed by atoms with van der Waals surface area (Å²) in [6.07, 6.45) is 1.37. The van der Waals surface area contributed by atoms with Crippen LogP contribution in [0, 0.1) is 23.1 Å². The number of hydrogen-bond acceptors (Lipinski definition) is 8. The number of anilines is 2. The average molecular weight is 682 g/mol. The summed E-state index contributed by atoms with van der Waals surface area (Å²) in [5.41, 5.74) is 1.11. The summed E-state index contributed by atoms with van der Waals surface area (Å²) in [4.78, 5) is 15.1. The molecule has 5 rings (SSSR count). The van der Waals surface area contributed by atoms with Gasteiger partial charge in [0.15, 0.2) is 6.35 Å². The fraction of sp³-hybridized carbons (Fsp3) is 0.429. The molecule has 47 heavy (non-hydrogen) atoms. The summed E-state index contributed by atoms with van der Waals surface area (Å²) in [6.45, 7) is 5.61. The third-order valence-electron chi connectivity index (χ3n) is 8.72. The van der Waals surface area contributed by atoms with Gasteiger partial charge in [-0.05, 0) is 106 Å². The highest BCUT2D eigenvalue weighted by Gasteiger charge is 2.44. The fourth-order valence-electron chi connectivity index (χ4n) is 5.86. The van der Waals surface area contributed by atoms with Crippen molar-refractivity contribution in [2.75, 3.05) is 17.2 Å². The van der Waals surface area contributed by atoms with E-state index in [1.54, 1.807) is 54.6 Å². The highest BCUT2D eigenvalue weighted by atomic mass is 35.5. The van der Waals surface area contributed by atoms with Crippen LogP contribution in [0.2, 0.25) is 5.02 Å². The number of nitrogens with one attached hydrogen (secondary N) is 3. The summed E-state index contributed by atoms with van der Waals surface area (Å²) in [5.74, 6) is -0.757. The molecule has 2 aliphatic rings. The van der Waals surface area contributed by atoms with Gasteiger partial charge >= 0.3 is 0 Å². The van der Waals surface area contributed by atoms with Gasteiger partial charge in [-0.15, -0.1) is 4.72 Å². The molecule has 0 bridgehead atoms. The predicted molar refractivity (Wildman–Crippen MR) is 182 cm³/mol. The average Bonchev–Trinajstić information content (AvgIpc) is 3.79. The molecular weight excluding hydrogens is 641 g/mol. The van der Waals surface area contributed by atoms with Crippen molar-refractivity contribution in [3.05, 3.63) is 94.3 Å². The van der Waals surface area contributed by atoms with Crippen molar-refractivity contribution in [3.8, 4) is 6.07 Å². The van der Waals surface area contributed by atoms with Crippen LogP contribution in [0.25, 0.3) is 0 Å². The van der Waals surface area contributed by atoms with Gasteiger partial charge in [-0.1, -0.05) is 42.6 Å². The zero-order valence-electron chi connectivity index (χ0n) is 26.7. The fourth-order valence-corrected chi connectivity index (χ4v) is 6.95. The smallest absolute Gasteiger partial charge is 0.242 e. The van der Waals surface area contributed by atoms with E-state index < -0.39 is 51.9 Å². The first-order chi connectivity index (χ1) is 22.3. The standard InChI is InChI=1S/C35H41ClFN5O4S/c1-34(2,3)47(46)41-35(16-15-22-7-8-22,24-6-4-5-23(17-24)20-38)25-9-14-29(37)30(18-25)40-32(44)31-19-28(43)21-42(31)33(45)39-27-12-10-26(36)11-13-27/h4-6,9-14,17-18,22,28,31,33,39,41,43,45H,7-8,15-16,19,21H2,1-3H3,(H,40,44)/t28-,31+,33?,35?,47?/m0/s1. The van der Waals surface area contributed by atoms with Crippen LogP contribution in [0.5, 0.6) is 0 Å². The number of amides is 1. The lowest BCUT2D eigenvalue weighted by Gasteiger charge is -2.39. The topological polar surface area (TPSA) is 144 Å². The van der Waals surface area contributed by atoms with E-state index in [1.165, 1.54) is 11.0 Å². The quantitative estimate of drug-likeness (QED) is 0.123. The van der Waals surface area contributed by atoms with E-state index >= 15 is 4.39 Å². The molecule has 5 N–H and O–H groups in total. The van der Waals surface area contributed by atoms with Crippen molar-refractivity contribution >= 4 is 40.2 Å². The van der Waals surface area contributed by atoms with Crippen molar-refractivity contribution in [1.29, 1.82) is 5.26 Å². The number of carbonyl (C=O) groups excluding carboxylic acids is 1. The zero-order valence-corrected chi connectivity index (χ0v) is 28.2. The molecule has 1 amide bonds. The molecule has 1 heterocycles. The number of aliphatic hydroxyl groups is 2. The third kappa shape index (κ3) is 8.45. The van der Waals surface area contributed by atoms with E-state index in [0.29, 0.717) is 39.7 Å². The number of nitrogens with zero attached hydrogens (tertiary/aromatic N) is 2. The highest BCUT2D eigenvalue weighted by Crippen LogP contribution is 2.43. The second-order valence-corrected chi connectivity index (χ2v) is 15.8. The second kappa shape index (κ2) is 14.5. The van der Waals surface area contributed by atoms with E-state index in [4.69, 9.17) is 11.6 Å². The number of β-amino-alcohol motifs (C(OH)–C–C–N with tert-alkyl or cyclic N) is 1. The Morgan fingerprint density at radius 2 is 1.85 bits per heavy atom. The number of benzene rings is 3. The number of nitriles is 1. The maximum Gasteiger partial charge on any atom is 0.242 e. The second-order valence-electron chi connectivity index (χ2n) is 13.4. The minimum atomic E-state index is -1.56. The molecule has 1 aliphatic heterocycles. The van der Waals surface area contributed by atoms with Gasteiger partial charge in [0.25, 0.3) is 0 Å². The first-order valence-electron chi connectivity index (χ1n) is 15.7. The summed E-state index contributed by atoms with van der Waals surface area (Å²) in [6, 6.07) is 19.4. The number of hydrogen-bond donors (Lipinski definition) is 5. The summed E-state index contributed by atoms with van der Waals surface area (Å²) in [5, 5.41) is 37.3. The van der Waals surface area contributed by atoms with Gasteiger partial charge in [-0.2, -0.15) is 5.26 Å². The van der Waals surface area contributed by atoms with Crippen LogP contribution in [0.3, 0.4) is 0 Å². The van der Waals surface area contributed by atoms with Gasteiger partial charge in [-0.25, -0.2) is 9.29 Å². The Balaban J connectivity index is 1.48. The lowest BCUT2D eigenvalue weighted by Crippen LogP contribution is -2.52. The number of likely N-dealkylation sites (tertiary alicyclic amines) is 1. The van der Waals surface area contributed by atoms with Crippen molar-refractivity contribution < 1.29 is 24.0 Å². The van der Waals surface area contributed by atoms with Crippen LogP contribution in [0.4, 0.5) is 15.8 Å². The number of aliphatic hydroxyl groups excluding tert-OH is 2. The van der Waals surface area contributed by atoms with Crippen LogP contribution < -0.4 is 15.4 Å². The number of carbonyl (C=O) groups is 1. The van der Waals surface area contributed by atoms with E-state index in [1.807, 2.05) is 26.8 Å². The Morgan fingerprint density at radius 3 is 2.51 bits per heavy atom. The minimum absolute atomic E-state index is 0.0183. The lowest BCUT2D eigenvalue weighted by molar-refractivity contribution is -0.123. The van der Waals surface area contributed by atoms with Crippen LogP contribution in [0.15, 0.2) is 66.7 Å². The molecule has 0 radical (unpaired) electrons. The zero-order chi connectivity index (χ0) is 33.9. The molecule has 0 aromatic heterocycles. The van der Waals surface area contributed by atoms with E-state index in [-0.39, 0.29) is 18.7 Å². The monoisotopic (exact) mass is 681 g/mol. The third-order valence-corrected chi connectivity index (χ3v) is 10.6. The highest BCUT2D eigenvalue weighted by molar-refractivity contribution is 7.90. The molecular formula is C35H41ClFN5O4S. The molecule has 12 heteroatoms. The summed E-state index contributed by atoms with van der Waals surface area (Å²) in [7, 11) is 0. The van der Waals surface area contributed by atoms with Gasteiger partial charge in [0.2, 0.25) is 5.91 Å². The Morgan fingerprint density at radius 1 is 1.15 bits per heavy atom. The van der Waals surface area contributed by atoms with Gasteiger partial charge in [-0.3, -0.25) is 4.79 Å². The molecule has 250 valence electrons. The Hall–Kier alpha value is -3.21. The van der Waals surface area contributed by atoms with Crippen molar-refractivity contribution in [2.45, 2.75) is 81.7 Å². The van der Waals surface area contributed by atoms with E-state index in [0.717, 1.165) is 19.3 Å². The summed E-state index contributed by atoms with van der Waals surface area (Å²) >= 11 is 4.41. The maximum atomic E-state index is 15.5. The van der Waals surface area contributed by atoms with Gasteiger partial charge in [0, 0.05) is 28.6 Å². The van der Waals surface area contributed by atoms with Crippen LogP contribution in [0.1, 0.15) is 69.6 Å². The van der Waals surface area contributed by atoms with Crippen molar-refractivity contribution in [2.24, 2.45) is 5.92 Å². The Kier molecular flexibility index (Phi) is 10.8. The molecule has 3 aromatic carbocycles. The molecule has 1 saturated carbocycles. The van der Waals surface area contributed by atoms with Gasteiger partial charge < -0.3 is 25.4 Å². The molecule has 0 spiro atoms. The number of halogens is 2. The van der Waals surface area contributed by atoms with Gasteiger partial charge in [0.05, 0.1) is 29.5 Å². The molecule has 3 aromatic rings. The van der Waals surface area contributed by atoms with Crippen LogP contribution in [-0.4, -0.2) is 55.4 Å². The van der Waals surface area contributed by atoms with Crippen LogP contribution in [-0.2, 0) is 21.7 Å². The first-order valence-corrected chi connectivity index (χ1v) is 17.3. The van der Waals surface area contributed by atoms with Crippen LogP contribution >= 0.6 is 11.6 Å². The molecule has 1 saturated heterocycles. The minimum Gasteiger partial charge on any atom is -0.598 e. The number of rotatable bonds is 12. The molecule has 5 atom stereocenters. The lowest BCUT2D eigenvalue weighted by atomic mass is 9.79. The predicted octanol–water partition coefficient (Wildman–Crippen LogP) is 5.60. The molecule has 3 unspecified atom stereocenters. The van der Waals surface area contributed by atoms with Crippen molar-refractivity contribution in [3.63, 3.8) is 0 Å². The van der Waals surface area contributed by atoms with Gasteiger partial charge in [0.1, 0.15) is 16.1 Å². The largest absolute Gasteiger partial charge is 0.598 e.